The summed E-state index contributed by atoms with van der Waals surface area (Å²) in [5.74, 6) is 1.54. The maximum absolute atomic E-state index is 13.9. The number of hydrogen-bond donors (Lipinski definition) is 0. The van der Waals surface area contributed by atoms with Gasteiger partial charge >= 0.3 is 0 Å². The van der Waals surface area contributed by atoms with Gasteiger partial charge in [0.25, 0.3) is 0 Å². The van der Waals surface area contributed by atoms with E-state index in [1.807, 2.05) is 71.4 Å². The molecule has 0 spiro atoms. The Morgan fingerprint density at radius 2 is 1.89 bits per heavy atom. The zero-order valence-corrected chi connectivity index (χ0v) is 22.0. The number of rotatable bonds is 6. The van der Waals surface area contributed by atoms with E-state index in [0.717, 1.165) is 65.3 Å². The van der Waals surface area contributed by atoms with Crippen molar-refractivity contribution in [3.05, 3.63) is 97.5 Å². The monoisotopic (exact) mass is 535 g/mol. The zero-order valence-electron chi connectivity index (χ0n) is 19.6. The van der Waals surface area contributed by atoms with Gasteiger partial charge in [-0.05, 0) is 79.1 Å². The molecule has 0 saturated heterocycles. The van der Waals surface area contributed by atoms with Gasteiger partial charge in [-0.1, -0.05) is 41.4 Å². The van der Waals surface area contributed by atoms with E-state index in [9.17, 15) is 4.79 Å². The molecule has 0 saturated carbocycles. The molecule has 0 radical (unpaired) electrons. The molecule has 36 heavy (non-hydrogen) atoms. The molecule has 5 nitrogen and oxygen atoms in total. The van der Waals surface area contributed by atoms with Crippen molar-refractivity contribution >= 4 is 46.0 Å². The summed E-state index contributed by atoms with van der Waals surface area (Å²) >= 11 is 13.8. The lowest BCUT2D eigenvalue weighted by molar-refractivity contribution is 0.103. The van der Waals surface area contributed by atoms with Crippen LogP contribution >= 0.6 is 34.5 Å². The molecule has 0 amide bonds. The summed E-state index contributed by atoms with van der Waals surface area (Å²) in [6.45, 7) is 3.10. The van der Waals surface area contributed by atoms with Gasteiger partial charge < -0.3 is 9.30 Å². The minimum absolute atomic E-state index is 0.0255. The second kappa shape index (κ2) is 9.43. The molecule has 4 heterocycles. The van der Waals surface area contributed by atoms with Gasteiger partial charge in [-0.2, -0.15) is 0 Å². The Labute approximate surface area is 222 Å². The van der Waals surface area contributed by atoms with E-state index in [1.165, 1.54) is 11.3 Å². The number of nitrogens with zero attached hydrogens (tertiary/aromatic N) is 3. The summed E-state index contributed by atoms with van der Waals surface area (Å²) in [6.07, 6.45) is 2.94. The molecule has 0 fully saturated rings. The molecule has 0 N–H and O–H groups in total. The average Bonchev–Trinajstić information content (AvgIpc) is 3.54. The Bertz CT molecular complexity index is 1580. The third-order valence-electron chi connectivity index (χ3n) is 6.65. The minimum Gasteiger partial charge on any atom is -0.485 e. The first-order valence-electron chi connectivity index (χ1n) is 11.9. The van der Waals surface area contributed by atoms with Gasteiger partial charge in [0.1, 0.15) is 23.7 Å². The number of halogens is 2. The Hall–Kier alpha value is -3.06. The van der Waals surface area contributed by atoms with Crippen molar-refractivity contribution in [1.82, 2.24) is 14.2 Å². The predicted molar refractivity (Wildman–Crippen MR) is 145 cm³/mol. The Balaban J connectivity index is 1.53. The summed E-state index contributed by atoms with van der Waals surface area (Å²) in [5, 5.41) is 8.24. The molecule has 1 aliphatic heterocycles. The van der Waals surface area contributed by atoms with E-state index >= 15 is 0 Å². The van der Waals surface area contributed by atoms with Crippen molar-refractivity contribution in [1.29, 1.82) is 0 Å². The maximum atomic E-state index is 13.9. The van der Waals surface area contributed by atoms with Gasteiger partial charge in [0, 0.05) is 27.7 Å². The van der Waals surface area contributed by atoms with E-state index in [1.54, 1.807) is 0 Å². The predicted octanol–water partition coefficient (Wildman–Crippen LogP) is 7.63. The lowest BCUT2D eigenvalue weighted by Crippen LogP contribution is -2.08. The molecule has 0 aliphatic carbocycles. The first kappa shape index (κ1) is 23.3. The maximum Gasteiger partial charge on any atom is 0.222 e. The fourth-order valence-electron chi connectivity index (χ4n) is 4.99. The fraction of sp³-hybridized carbons (Fsp3) is 0.214. The number of carbonyl (C=O) groups excluding carboxylic acids is 1. The largest absolute Gasteiger partial charge is 0.485 e. The second-order valence-electron chi connectivity index (χ2n) is 8.97. The Kier molecular flexibility index (Phi) is 6.12. The molecular formula is C28H23Cl2N3O2S. The van der Waals surface area contributed by atoms with Crippen LogP contribution in [0.1, 0.15) is 45.2 Å². The normalized spacial score (nSPS) is 13.2. The number of thiophene rings is 1. The van der Waals surface area contributed by atoms with Crippen LogP contribution in [0, 0.1) is 6.92 Å². The van der Waals surface area contributed by atoms with E-state index in [-0.39, 0.29) is 5.78 Å². The average molecular weight is 536 g/mol. The van der Waals surface area contributed by atoms with Gasteiger partial charge in [-0.15, -0.1) is 16.4 Å². The molecule has 1 aliphatic rings. The fourth-order valence-corrected chi connectivity index (χ4v) is 6.01. The lowest BCUT2D eigenvalue weighted by atomic mass is 9.96. The quantitative estimate of drug-likeness (QED) is 0.210. The van der Waals surface area contributed by atoms with Crippen molar-refractivity contribution in [2.75, 3.05) is 0 Å². The molecule has 0 unspecified atom stereocenters. The minimum atomic E-state index is -0.0255. The number of ketones is 1. The smallest absolute Gasteiger partial charge is 0.222 e. The first-order chi connectivity index (χ1) is 17.5. The SMILES string of the molecule is Cc1cc(Cl)ccc1OCc1nn2c(C(=O)c3cccs3)c(-c3ccc(Cl)cc3)c3c2n1CCCC3. The highest BCUT2D eigenvalue weighted by molar-refractivity contribution is 7.12. The summed E-state index contributed by atoms with van der Waals surface area (Å²) < 4.78 is 10.2. The molecule has 2 aromatic carbocycles. The topological polar surface area (TPSA) is 48.5 Å². The van der Waals surface area contributed by atoms with Crippen LogP contribution in [0.15, 0.2) is 60.0 Å². The summed E-state index contributed by atoms with van der Waals surface area (Å²) in [7, 11) is 0. The van der Waals surface area contributed by atoms with E-state index in [2.05, 4.69) is 4.57 Å². The number of aromatic nitrogens is 3. The van der Waals surface area contributed by atoms with Crippen LogP contribution in [-0.4, -0.2) is 20.0 Å². The van der Waals surface area contributed by atoms with Crippen LogP contribution in [0.3, 0.4) is 0 Å². The molecule has 3 aromatic heterocycles. The van der Waals surface area contributed by atoms with Gasteiger partial charge in [-0.3, -0.25) is 4.79 Å². The van der Waals surface area contributed by atoms with Crippen LogP contribution in [0.4, 0.5) is 0 Å². The van der Waals surface area contributed by atoms with Gasteiger partial charge in [-0.25, -0.2) is 4.52 Å². The zero-order chi connectivity index (χ0) is 24.8. The number of aryl methyl sites for hydroxylation is 3. The van der Waals surface area contributed by atoms with Crippen LogP contribution < -0.4 is 4.74 Å². The molecule has 0 atom stereocenters. The first-order valence-corrected chi connectivity index (χ1v) is 13.5. The van der Waals surface area contributed by atoms with Crippen LogP contribution in [0.5, 0.6) is 5.75 Å². The number of ether oxygens (including phenoxy) is 1. The van der Waals surface area contributed by atoms with Crippen LogP contribution in [0.2, 0.25) is 10.0 Å². The van der Waals surface area contributed by atoms with Crippen LogP contribution in [0.25, 0.3) is 16.8 Å². The number of carbonyl (C=O) groups is 1. The molecule has 5 aromatic rings. The summed E-state index contributed by atoms with van der Waals surface area (Å²) in [5.41, 5.74) is 5.61. The van der Waals surface area contributed by atoms with Crippen molar-refractivity contribution in [2.45, 2.75) is 39.3 Å². The van der Waals surface area contributed by atoms with Gasteiger partial charge in [0.15, 0.2) is 5.82 Å². The second-order valence-corrected chi connectivity index (χ2v) is 10.8. The van der Waals surface area contributed by atoms with Crippen molar-refractivity contribution < 1.29 is 9.53 Å². The lowest BCUT2D eigenvalue weighted by Gasteiger charge is -2.11. The molecular weight excluding hydrogens is 513 g/mol. The van der Waals surface area contributed by atoms with Gasteiger partial charge in [0.05, 0.1) is 4.88 Å². The van der Waals surface area contributed by atoms with E-state index in [4.69, 9.17) is 33.0 Å². The van der Waals surface area contributed by atoms with Crippen LogP contribution in [-0.2, 0) is 19.6 Å². The van der Waals surface area contributed by atoms with Crippen molar-refractivity contribution in [3.8, 4) is 16.9 Å². The molecule has 6 rings (SSSR count). The summed E-state index contributed by atoms with van der Waals surface area (Å²) in [4.78, 5) is 14.6. The molecule has 0 bridgehead atoms. The highest BCUT2D eigenvalue weighted by Crippen LogP contribution is 2.38. The molecule has 8 heteroatoms. The van der Waals surface area contributed by atoms with Crippen molar-refractivity contribution in [2.24, 2.45) is 0 Å². The number of benzene rings is 2. The van der Waals surface area contributed by atoms with E-state index < -0.39 is 0 Å². The Morgan fingerprint density at radius 3 is 2.64 bits per heavy atom. The third-order valence-corrected chi connectivity index (χ3v) is 8.00. The van der Waals surface area contributed by atoms with Gasteiger partial charge in [0.2, 0.25) is 5.78 Å². The highest BCUT2D eigenvalue weighted by Gasteiger charge is 2.31. The highest BCUT2D eigenvalue weighted by atomic mass is 35.5. The third kappa shape index (κ3) is 4.03. The Morgan fingerprint density at radius 1 is 1.08 bits per heavy atom. The molecule has 182 valence electrons. The standard InChI is InChI=1S/C28H23Cl2N3O2S/c1-17-15-20(30)11-12-22(17)35-16-24-31-33-26(27(34)23-6-4-14-36-23)25(18-7-9-19(29)10-8-18)21-5-2-3-13-32(24)28(21)33/h4,6-12,14-15H,2-3,5,13,16H2,1H3. The number of hydrogen-bond acceptors (Lipinski definition) is 4. The van der Waals surface area contributed by atoms with E-state index in [0.29, 0.717) is 27.2 Å². The summed E-state index contributed by atoms with van der Waals surface area (Å²) in [6, 6.07) is 17.1. The van der Waals surface area contributed by atoms with Crippen molar-refractivity contribution in [3.63, 3.8) is 0 Å².